The number of nitrogens with one attached hydrogen (secondary N) is 1. The smallest absolute Gasteiger partial charge is 0.248 e. The normalized spacial score (nSPS) is 23.1. The molecule has 1 atom stereocenters. The van der Waals surface area contributed by atoms with E-state index in [-0.39, 0.29) is 5.91 Å². The van der Waals surface area contributed by atoms with Crippen LogP contribution in [0.2, 0.25) is 0 Å². The molecule has 85 valence electrons. The zero-order valence-electron chi connectivity index (χ0n) is 9.32. The van der Waals surface area contributed by atoms with Gasteiger partial charge in [0.05, 0.1) is 5.37 Å². The maximum Gasteiger partial charge on any atom is 0.248 e. The fraction of sp³-hybridized carbons (Fsp3) is 0.800. The van der Waals surface area contributed by atoms with Gasteiger partial charge in [-0.15, -0.1) is 0 Å². The number of unbranched alkanes of at least 4 members (excludes halogenated alkanes) is 1. The quantitative estimate of drug-likeness (QED) is 0.783. The van der Waals surface area contributed by atoms with Crippen LogP contribution in [-0.2, 0) is 4.79 Å². The molecule has 1 aliphatic heterocycles. The summed E-state index contributed by atoms with van der Waals surface area (Å²) in [6.07, 6.45) is 4.79. The van der Waals surface area contributed by atoms with E-state index in [2.05, 4.69) is 22.8 Å². The summed E-state index contributed by atoms with van der Waals surface area (Å²) in [4.78, 5) is 15.2. The molecular weight excluding hydrogens is 210 g/mol. The van der Waals surface area contributed by atoms with E-state index < -0.39 is 0 Å². The minimum absolute atomic E-state index is 0.0679. The largest absolute Gasteiger partial charge is 0.273 e. The zero-order valence-corrected chi connectivity index (χ0v) is 10.1. The van der Waals surface area contributed by atoms with Gasteiger partial charge in [0.2, 0.25) is 11.1 Å². The highest BCUT2D eigenvalue weighted by molar-refractivity contribution is 8.14. The Kier molecular flexibility index (Phi) is 5.71. The van der Waals surface area contributed by atoms with Gasteiger partial charge < -0.3 is 0 Å². The Morgan fingerprint density at radius 2 is 2.33 bits per heavy atom. The molecule has 1 saturated heterocycles. The van der Waals surface area contributed by atoms with Crippen LogP contribution in [0.5, 0.6) is 0 Å². The molecule has 0 aliphatic carbocycles. The third kappa shape index (κ3) is 4.66. The number of hydrogen-bond donors (Lipinski definition) is 1. The summed E-state index contributed by atoms with van der Waals surface area (Å²) in [5, 5.41) is 0.896. The fourth-order valence-electron chi connectivity index (χ4n) is 1.25. The molecule has 4 nitrogen and oxygen atoms in total. The second-order valence-corrected chi connectivity index (χ2v) is 4.70. The number of thioether (sulfide) groups is 1. The second-order valence-electron chi connectivity index (χ2n) is 3.53. The summed E-state index contributed by atoms with van der Waals surface area (Å²) < 4.78 is 0. The third-order valence-electron chi connectivity index (χ3n) is 2.06. The number of carbonyl (C=O) groups excluding carboxylic acids is 1. The van der Waals surface area contributed by atoms with Crippen LogP contribution in [0.15, 0.2) is 4.99 Å². The van der Waals surface area contributed by atoms with E-state index in [0.29, 0.717) is 17.0 Å². The Balaban J connectivity index is 2.31. The van der Waals surface area contributed by atoms with Crippen molar-refractivity contribution in [2.75, 3.05) is 0 Å². The first-order valence-corrected chi connectivity index (χ1v) is 6.38. The first-order chi connectivity index (χ1) is 7.26. The van der Waals surface area contributed by atoms with Gasteiger partial charge in [0.25, 0.3) is 0 Å². The highest BCUT2D eigenvalue weighted by Gasteiger charge is 2.22. The van der Waals surface area contributed by atoms with Gasteiger partial charge in [0.15, 0.2) is 0 Å². The highest BCUT2D eigenvalue weighted by Crippen LogP contribution is 2.20. The van der Waals surface area contributed by atoms with Crippen molar-refractivity contribution in [3.8, 4) is 0 Å². The molecule has 15 heavy (non-hydrogen) atoms. The summed E-state index contributed by atoms with van der Waals surface area (Å²) >= 11 is 1.56. The number of aliphatic imine (C=N–C) groups is 1. The summed E-state index contributed by atoms with van der Waals surface area (Å²) in [6.45, 7) is 4.13. The van der Waals surface area contributed by atoms with Crippen LogP contribution < -0.4 is 10.9 Å². The van der Waals surface area contributed by atoms with Gasteiger partial charge in [-0.05, 0) is 12.8 Å². The Bertz CT molecular complexity index is 243. The maximum absolute atomic E-state index is 11.2. The zero-order chi connectivity index (χ0) is 11.1. The lowest BCUT2D eigenvalue weighted by Crippen LogP contribution is -2.25. The standard InChI is InChI=1S/C10H18N3OS/c1-3-5-7-9-12-13-10(15-9)11-8(14)6-4-2/h9,12H,3-7H2,1-2H3. The van der Waals surface area contributed by atoms with E-state index in [1.807, 2.05) is 6.92 Å². The second kappa shape index (κ2) is 6.85. The third-order valence-corrected chi connectivity index (χ3v) is 3.07. The van der Waals surface area contributed by atoms with E-state index in [4.69, 9.17) is 0 Å². The minimum Gasteiger partial charge on any atom is -0.273 e. The molecule has 1 fully saturated rings. The summed E-state index contributed by atoms with van der Waals surface area (Å²) in [6, 6.07) is 0. The summed E-state index contributed by atoms with van der Waals surface area (Å²) in [7, 11) is 0. The van der Waals surface area contributed by atoms with Crippen molar-refractivity contribution in [3.63, 3.8) is 0 Å². The number of hydrogen-bond acceptors (Lipinski definition) is 3. The molecule has 5 heteroatoms. The molecule has 1 aliphatic rings. The molecule has 0 aromatic heterocycles. The van der Waals surface area contributed by atoms with Crippen molar-refractivity contribution < 1.29 is 4.79 Å². The van der Waals surface area contributed by atoms with Crippen molar-refractivity contribution in [2.24, 2.45) is 4.99 Å². The molecule has 0 aromatic carbocycles. The number of rotatable bonds is 5. The molecule has 1 rings (SSSR count). The van der Waals surface area contributed by atoms with Gasteiger partial charge in [0, 0.05) is 6.42 Å². The Hall–Kier alpha value is -0.550. The molecule has 1 radical (unpaired) electrons. The molecule has 0 saturated carbocycles. The predicted molar refractivity (Wildman–Crippen MR) is 63.5 cm³/mol. The Morgan fingerprint density at radius 1 is 1.53 bits per heavy atom. The molecule has 0 spiro atoms. The molecule has 0 aromatic rings. The lowest BCUT2D eigenvalue weighted by Gasteiger charge is -2.03. The SMILES string of the molecule is CCCCC1N[N]C(=NC(=O)CCC)S1. The summed E-state index contributed by atoms with van der Waals surface area (Å²) in [5.74, 6) is -0.0679. The molecular formula is C10H18N3OS. The van der Waals surface area contributed by atoms with Crippen molar-refractivity contribution in [1.29, 1.82) is 0 Å². The summed E-state index contributed by atoms with van der Waals surface area (Å²) in [5.41, 5.74) is 7.03. The van der Waals surface area contributed by atoms with Crippen molar-refractivity contribution in [2.45, 2.75) is 51.3 Å². The fourth-order valence-corrected chi connectivity index (χ4v) is 2.15. The molecule has 1 heterocycles. The maximum atomic E-state index is 11.2. The van der Waals surface area contributed by atoms with Gasteiger partial charge in [-0.2, -0.15) is 15.8 Å². The Labute approximate surface area is 95.3 Å². The van der Waals surface area contributed by atoms with Gasteiger partial charge in [0.1, 0.15) is 0 Å². The van der Waals surface area contributed by atoms with Crippen molar-refractivity contribution in [1.82, 2.24) is 10.9 Å². The van der Waals surface area contributed by atoms with Crippen LogP contribution in [0.4, 0.5) is 0 Å². The van der Waals surface area contributed by atoms with Crippen molar-refractivity contribution >= 4 is 22.8 Å². The highest BCUT2D eigenvalue weighted by atomic mass is 32.2. The van der Waals surface area contributed by atoms with Crippen LogP contribution in [0.1, 0.15) is 46.0 Å². The predicted octanol–water partition coefficient (Wildman–Crippen LogP) is 2.04. The molecule has 1 amide bonds. The van der Waals surface area contributed by atoms with E-state index in [0.717, 1.165) is 12.8 Å². The topological polar surface area (TPSA) is 55.6 Å². The van der Waals surface area contributed by atoms with Crippen LogP contribution >= 0.6 is 11.8 Å². The van der Waals surface area contributed by atoms with E-state index in [9.17, 15) is 4.79 Å². The van der Waals surface area contributed by atoms with Crippen LogP contribution in [0.25, 0.3) is 0 Å². The number of nitrogens with zero attached hydrogens (tertiary/aromatic N) is 2. The van der Waals surface area contributed by atoms with Gasteiger partial charge in [-0.1, -0.05) is 38.5 Å². The van der Waals surface area contributed by atoms with Gasteiger partial charge >= 0.3 is 0 Å². The van der Waals surface area contributed by atoms with Crippen LogP contribution in [0.3, 0.4) is 0 Å². The van der Waals surface area contributed by atoms with Crippen LogP contribution in [0, 0.1) is 0 Å². The molecule has 1 N–H and O–H groups in total. The number of amides is 1. The first kappa shape index (κ1) is 12.5. The van der Waals surface area contributed by atoms with Crippen molar-refractivity contribution in [3.05, 3.63) is 0 Å². The van der Waals surface area contributed by atoms with Crippen LogP contribution in [-0.4, -0.2) is 16.4 Å². The number of amidine groups is 1. The monoisotopic (exact) mass is 228 g/mol. The molecule has 0 bridgehead atoms. The van der Waals surface area contributed by atoms with E-state index in [1.165, 1.54) is 12.8 Å². The molecule has 1 unspecified atom stereocenters. The lowest BCUT2D eigenvalue weighted by molar-refractivity contribution is -0.117. The Morgan fingerprint density at radius 3 is 3.00 bits per heavy atom. The van der Waals surface area contributed by atoms with E-state index in [1.54, 1.807) is 11.8 Å². The minimum atomic E-state index is -0.0679. The van der Waals surface area contributed by atoms with Gasteiger partial charge in [-0.3, -0.25) is 4.79 Å². The first-order valence-electron chi connectivity index (χ1n) is 5.50. The average molecular weight is 228 g/mol. The van der Waals surface area contributed by atoms with E-state index >= 15 is 0 Å². The lowest BCUT2D eigenvalue weighted by atomic mass is 10.2. The number of carbonyl (C=O) groups is 1. The van der Waals surface area contributed by atoms with Gasteiger partial charge in [-0.25, -0.2) is 0 Å². The average Bonchev–Trinajstić information content (AvgIpc) is 2.63.